The lowest BCUT2D eigenvalue weighted by atomic mass is 9.92. The number of benzene rings is 1. The number of anilines is 1. The second kappa shape index (κ2) is 6.20. The largest absolute Gasteiger partial charge is 0.497 e. The Labute approximate surface area is 125 Å². The number of nitrogen functional groups attached to an aromatic ring is 1. The van der Waals surface area contributed by atoms with Gasteiger partial charge in [-0.15, -0.1) is 0 Å². The van der Waals surface area contributed by atoms with Gasteiger partial charge in [0.1, 0.15) is 11.5 Å². The molecule has 1 aromatic heterocycles. The highest BCUT2D eigenvalue weighted by molar-refractivity contribution is 5.76. The zero-order valence-electron chi connectivity index (χ0n) is 12.5. The minimum Gasteiger partial charge on any atom is -0.497 e. The van der Waals surface area contributed by atoms with E-state index in [0.29, 0.717) is 11.7 Å². The van der Waals surface area contributed by atoms with Gasteiger partial charge in [0.05, 0.1) is 12.7 Å². The minimum atomic E-state index is 0.439. The Bertz CT molecular complexity index is 581. The SMILES string of the molecule is COc1ccc(-c2c(N)noc2C2CCCCCC2)cc1. The molecule has 4 heteroatoms. The van der Waals surface area contributed by atoms with Crippen LogP contribution in [0.15, 0.2) is 28.8 Å². The first-order valence-corrected chi connectivity index (χ1v) is 7.69. The van der Waals surface area contributed by atoms with E-state index in [-0.39, 0.29) is 0 Å². The van der Waals surface area contributed by atoms with Crippen LogP contribution in [0.25, 0.3) is 11.1 Å². The maximum absolute atomic E-state index is 6.05. The van der Waals surface area contributed by atoms with Crippen molar-refractivity contribution < 1.29 is 9.26 Å². The third kappa shape index (κ3) is 2.89. The molecule has 0 unspecified atom stereocenters. The highest BCUT2D eigenvalue weighted by Gasteiger charge is 2.25. The number of hydrogen-bond donors (Lipinski definition) is 1. The average molecular weight is 286 g/mol. The zero-order chi connectivity index (χ0) is 14.7. The van der Waals surface area contributed by atoms with Gasteiger partial charge in [0, 0.05) is 5.92 Å². The molecule has 4 nitrogen and oxygen atoms in total. The van der Waals surface area contributed by atoms with E-state index >= 15 is 0 Å². The summed E-state index contributed by atoms with van der Waals surface area (Å²) in [6.45, 7) is 0. The Morgan fingerprint density at radius 2 is 1.76 bits per heavy atom. The fraction of sp³-hybridized carbons (Fsp3) is 0.471. The van der Waals surface area contributed by atoms with Gasteiger partial charge in [0.15, 0.2) is 5.82 Å². The molecule has 21 heavy (non-hydrogen) atoms. The highest BCUT2D eigenvalue weighted by Crippen LogP contribution is 2.40. The Morgan fingerprint density at radius 1 is 1.10 bits per heavy atom. The molecule has 112 valence electrons. The molecule has 0 aliphatic heterocycles. The van der Waals surface area contributed by atoms with Gasteiger partial charge in [0.25, 0.3) is 0 Å². The van der Waals surface area contributed by atoms with Crippen molar-refractivity contribution in [2.75, 3.05) is 12.8 Å². The van der Waals surface area contributed by atoms with Crippen LogP contribution in [0, 0.1) is 0 Å². The summed E-state index contributed by atoms with van der Waals surface area (Å²) in [6.07, 6.45) is 7.48. The molecule has 0 bridgehead atoms. The molecule has 1 saturated carbocycles. The van der Waals surface area contributed by atoms with Gasteiger partial charge >= 0.3 is 0 Å². The summed E-state index contributed by atoms with van der Waals surface area (Å²) >= 11 is 0. The fourth-order valence-electron chi connectivity index (χ4n) is 3.18. The van der Waals surface area contributed by atoms with Crippen LogP contribution in [0.5, 0.6) is 5.75 Å². The smallest absolute Gasteiger partial charge is 0.175 e. The number of methoxy groups -OCH3 is 1. The van der Waals surface area contributed by atoms with Crippen LogP contribution in [0.1, 0.15) is 50.2 Å². The van der Waals surface area contributed by atoms with Crippen LogP contribution < -0.4 is 10.5 Å². The predicted octanol–water partition coefficient (Wildman–Crippen LogP) is 4.37. The van der Waals surface area contributed by atoms with E-state index in [2.05, 4.69) is 5.16 Å². The average Bonchev–Trinajstić information content (AvgIpc) is 2.74. The number of rotatable bonds is 3. The fourth-order valence-corrected chi connectivity index (χ4v) is 3.18. The molecule has 2 aromatic rings. The predicted molar refractivity (Wildman–Crippen MR) is 83.3 cm³/mol. The van der Waals surface area contributed by atoms with Gasteiger partial charge in [-0.25, -0.2) is 0 Å². The van der Waals surface area contributed by atoms with E-state index in [9.17, 15) is 0 Å². The summed E-state index contributed by atoms with van der Waals surface area (Å²) in [5, 5.41) is 4.01. The Morgan fingerprint density at radius 3 is 2.38 bits per heavy atom. The lowest BCUT2D eigenvalue weighted by molar-refractivity contribution is 0.350. The Hall–Kier alpha value is -1.97. The van der Waals surface area contributed by atoms with Gasteiger partial charge < -0.3 is 15.0 Å². The molecule has 1 fully saturated rings. The van der Waals surface area contributed by atoms with E-state index in [1.807, 2.05) is 24.3 Å². The van der Waals surface area contributed by atoms with E-state index in [1.165, 1.54) is 25.7 Å². The summed E-state index contributed by atoms with van der Waals surface area (Å²) in [5.74, 6) is 2.72. The molecule has 1 aliphatic carbocycles. The molecule has 0 saturated heterocycles. The Kier molecular flexibility index (Phi) is 4.13. The van der Waals surface area contributed by atoms with Crippen molar-refractivity contribution in [2.24, 2.45) is 0 Å². The van der Waals surface area contributed by atoms with Gasteiger partial charge in [-0.1, -0.05) is 43.0 Å². The van der Waals surface area contributed by atoms with Crippen LogP contribution in [0.4, 0.5) is 5.82 Å². The second-order valence-electron chi connectivity index (χ2n) is 5.72. The lowest BCUT2D eigenvalue weighted by Crippen LogP contribution is -1.98. The molecule has 3 rings (SSSR count). The van der Waals surface area contributed by atoms with Gasteiger partial charge in [-0.3, -0.25) is 0 Å². The number of hydrogen-bond acceptors (Lipinski definition) is 4. The van der Waals surface area contributed by atoms with Crippen LogP contribution in [-0.2, 0) is 0 Å². The van der Waals surface area contributed by atoms with E-state index < -0.39 is 0 Å². The molecule has 0 spiro atoms. The van der Waals surface area contributed by atoms with Crippen LogP contribution in [0.3, 0.4) is 0 Å². The summed E-state index contributed by atoms with van der Waals surface area (Å²) in [7, 11) is 1.67. The molecular weight excluding hydrogens is 264 g/mol. The third-order valence-electron chi connectivity index (χ3n) is 4.35. The van der Waals surface area contributed by atoms with E-state index in [4.69, 9.17) is 15.0 Å². The molecule has 1 aliphatic rings. The normalized spacial score (nSPS) is 16.6. The minimum absolute atomic E-state index is 0.439. The second-order valence-corrected chi connectivity index (χ2v) is 5.72. The topological polar surface area (TPSA) is 61.3 Å². The maximum Gasteiger partial charge on any atom is 0.175 e. The van der Waals surface area contributed by atoms with Crippen molar-refractivity contribution in [3.8, 4) is 16.9 Å². The van der Waals surface area contributed by atoms with Crippen molar-refractivity contribution in [1.29, 1.82) is 0 Å². The summed E-state index contributed by atoms with van der Waals surface area (Å²) in [6, 6.07) is 7.92. The van der Waals surface area contributed by atoms with Crippen LogP contribution in [0.2, 0.25) is 0 Å². The zero-order valence-corrected chi connectivity index (χ0v) is 12.5. The van der Waals surface area contributed by atoms with Crippen molar-refractivity contribution in [1.82, 2.24) is 5.16 Å². The molecule has 2 N–H and O–H groups in total. The number of nitrogens with zero attached hydrogens (tertiary/aromatic N) is 1. The van der Waals surface area contributed by atoms with Crippen molar-refractivity contribution >= 4 is 5.82 Å². The van der Waals surface area contributed by atoms with Gasteiger partial charge in [0.2, 0.25) is 0 Å². The molecule has 1 aromatic carbocycles. The highest BCUT2D eigenvalue weighted by atomic mass is 16.5. The van der Waals surface area contributed by atoms with Gasteiger partial charge in [-0.05, 0) is 30.5 Å². The molecule has 0 radical (unpaired) electrons. The van der Waals surface area contributed by atoms with Crippen LogP contribution in [-0.4, -0.2) is 12.3 Å². The molecule has 0 atom stereocenters. The first kappa shape index (κ1) is 14.0. The summed E-state index contributed by atoms with van der Waals surface area (Å²) in [4.78, 5) is 0. The van der Waals surface area contributed by atoms with Crippen LogP contribution >= 0.6 is 0 Å². The van der Waals surface area contributed by atoms with E-state index in [1.54, 1.807) is 7.11 Å². The summed E-state index contributed by atoms with van der Waals surface area (Å²) in [5.41, 5.74) is 8.07. The number of nitrogens with two attached hydrogens (primary N) is 1. The molecular formula is C17H22N2O2. The third-order valence-corrected chi connectivity index (χ3v) is 4.35. The first-order valence-electron chi connectivity index (χ1n) is 7.69. The quantitative estimate of drug-likeness (QED) is 0.851. The lowest BCUT2D eigenvalue weighted by Gasteiger charge is -2.12. The van der Waals surface area contributed by atoms with E-state index in [0.717, 1.165) is 35.5 Å². The Balaban J connectivity index is 1.95. The monoisotopic (exact) mass is 286 g/mol. The maximum atomic E-state index is 6.05. The van der Waals surface area contributed by atoms with Crippen molar-refractivity contribution in [3.05, 3.63) is 30.0 Å². The molecule has 0 amide bonds. The summed E-state index contributed by atoms with van der Waals surface area (Å²) < 4.78 is 10.8. The van der Waals surface area contributed by atoms with Crippen molar-refractivity contribution in [3.63, 3.8) is 0 Å². The van der Waals surface area contributed by atoms with Gasteiger partial charge in [-0.2, -0.15) is 0 Å². The number of ether oxygens (including phenoxy) is 1. The first-order chi connectivity index (χ1) is 10.3. The van der Waals surface area contributed by atoms with Crippen molar-refractivity contribution in [2.45, 2.75) is 44.4 Å². The standard InChI is InChI=1S/C17H22N2O2/c1-20-14-10-8-12(9-11-14)15-16(21-19-17(15)18)13-6-4-2-3-5-7-13/h8-11,13H,2-7H2,1H3,(H2,18,19). The number of aromatic nitrogens is 1. The molecule has 1 heterocycles.